The van der Waals surface area contributed by atoms with Crippen LogP contribution < -0.4 is 10.6 Å². The quantitative estimate of drug-likeness (QED) is 0.679. The van der Waals surface area contributed by atoms with Crippen molar-refractivity contribution in [2.75, 3.05) is 19.8 Å². The van der Waals surface area contributed by atoms with E-state index in [2.05, 4.69) is 10.6 Å². The molecule has 5 heteroatoms. The van der Waals surface area contributed by atoms with Crippen molar-refractivity contribution in [1.82, 2.24) is 10.6 Å². The molecule has 98 valence electrons. The lowest BCUT2D eigenvalue weighted by molar-refractivity contribution is 0.152. The van der Waals surface area contributed by atoms with E-state index in [-0.39, 0.29) is 30.6 Å². The molecule has 3 unspecified atom stereocenters. The Balaban J connectivity index is 1.75. The first-order valence-corrected chi connectivity index (χ1v) is 6.55. The number of nitrogens with one attached hydrogen (secondary N) is 2. The summed E-state index contributed by atoms with van der Waals surface area (Å²) in [4.78, 5) is 11.8. The second kappa shape index (κ2) is 6.21. The summed E-state index contributed by atoms with van der Waals surface area (Å²) in [6.45, 7) is 1.51. The first kappa shape index (κ1) is 12.6. The molecule has 2 fully saturated rings. The van der Waals surface area contributed by atoms with E-state index >= 15 is 0 Å². The zero-order valence-electron chi connectivity index (χ0n) is 10.2. The smallest absolute Gasteiger partial charge is 0.315 e. The molecule has 1 heterocycles. The Morgan fingerprint density at radius 2 is 2.06 bits per heavy atom. The minimum Gasteiger partial charge on any atom is -0.396 e. The average molecular weight is 242 g/mol. The van der Waals surface area contributed by atoms with Gasteiger partial charge in [-0.15, -0.1) is 0 Å². The number of amides is 2. The molecule has 1 saturated heterocycles. The fourth-order valence-electron chi connectivity index (χ4n) is 2.66. The van der Waals surface area contributed by atoms with Crippen molar-refractivity contribution in [3.63, 3.8) is 0 Å². The first-order valence-electron chi connectivity index (χ1n) is 6.55. The van der Waals surface area contributed by atoms with Crippen LogP contribution in [0.1, 0.15) is 32.1 Å². The number of urea groups is 1. The van der Waals surface area contributed by atoms with E-state index in [9.17, 15) is 9.90 Å². The summed E-state index contributed by atoms with van der Waals surface area (Å²) in [7, 11) is 0. The van der Waals surface area contributed by atoms with Gasteiger partial charge in [-0.1, -0.05) is 12.8 Å². The van der Waals surface area contributed by atoms with Gasteiger partial charge in [0.1, 0.15) is 0 Å². The summed E-state index contributed by atoms with van der Waals surface area (Å²) in [6.07, 6.45) is 5.16. The van der Waals surface area contributed by atoms with Crippen LogP contribution in [0.3, 0.4) is 0 Å². The lowest BCUT2D eigenvalue weighted by atomic mass is 9.85. The third kappa shape index (κ3) is 3.57. The van der Waals surface area contributed by atoms with E-state index in [0.717, 1.165) is 38.7 Å². The Labute approximate surface area is 102 Å². The second-order valence-electron chi connectivity index (χ2n) is 5.01. The van der Waals surface area contributed by atoms with Crippen LogP contribution in [0.2, 0.25) is 0 Å². The summed E-state index contributed by atoms with van der Waals surface area (Å²) in [5, 5.41) is 15.2. The van der Waals surface area contributed by atoms with Crippen LogP contribution in [0.25, 0.3) is 0 Å². The van der Waals surface area contributed by atoms with E-state index < -0.39 is 0 Å². The van der Waals surface area contributed by atoms with Crippen molar-refractivity contribution >= 4 is 6.03 Å². The van der Waals surface area contributed by atoms with E-state index in [4.69, 9.17) is 4.74 Å². The van der Waals surface area contributed by atoms with Crippen LogP contribution in [0.5, 0.6) is 0 Å². The SMILES string of the molecule is O=C(NC1CCOC1)NC1CCCCC1CO. The van der Waals surface area contributed by atoms with E-state index in [1.807, 2.05) is 0 Å². The van der Waals surface area contributed by atoms with Crippen molar-refractivity contribution in [3.05, 3.63) is 0 Å². The number of rotatable bonds is 3. The van der Waals surface area contributed by atoms with Crippen molar-refractivity contribution in [2.24, 2.45) is 5.92 Å². The molecular formula is C12H22N2O3. The van der Waals surface area contributed by atoms with Crippen molar-refractivity contribution < 1.29 is 14.6 Å². The van der Waals surface area contributed by atoms with Gasteiger partial charge >= 0.3 is 6.03 Å². The van der Waals surface area contributed by atoms with Crippen LogP contribution in [-0.4, -0.2) is 43.0 Å². The third-order valence-corrected chi connectivity index (χ3v) is 3.72. The first-order chi connectivity index (χ1) is 8.29. The van der Waals surface area contributed by atoms with Crippen molar-refractivity contribution in [2.45, 2.75) is 44.2 Å². The van der Waals surface area contributed by atoms with Crippen molar-refractivity contribution in [1.29, 1.82) is 0 Å². The largest absolute Gasteiger partial charge is 0.396 e. The molecule has 3 atom stereocenters. The minimum atomic E-state index is -0.120. The fourth-order valence-corrected chi connectivity index (χ4v) is 2.66. The maximum absolute atomic E-state index is 11.8. The van der Waals surface area contributed by atoms with Crippen LogP contribution in [0.4, 0.5) is 4.79 Å². The van der Waals surface area contributed by atoms with Crippen LogP contribution in [-0.2, 0) is 4.74 Å². The Morgan fingerprint density at radius 1 is 1.24 bits per heavy atom. The van der Waals surface area contributed by atoms with Gasteiger partial charge in [-0.3, -0.25) is 0 Å². The van der Waals surface area contributed by atoms with E-state index in [0.29, 0.717) is 6.61 Å². The predicted octanol–water partition coefficient (Wildman–Crippen LogP) is 0.626. The van der Waals surface area contributed by atoms with Gasteiger partial charge in [0.15, 0.2) is 0 Å². The van der Waals surface area contributed by atoms with Crippen LogP contribution >= 0.6 is 0 Å². The van der Waals surface area contributed by atoms with Crippen molar-refractivity contribution in [3.8, 4) is 0 Å². The summed E-state index contributed by atoms with van der Waals surface area (Å²) in [6, 6.07) is 0.146. The third-order valence-electron chi connectivity index (χ3n) is 3.72. The van der Waals surface area contributed by atoms with Crippen LogP contribution in [0, 0.1) is 5.92 Å². The number of ether oxygens (including phenoxy) is 1. The molecule has 17 heavy (non-hydrogen) atoms. The minimum absolute atomic E-state index is 0.120. The summed E-state index contributed by atoms with van der Waals surface area (Å²) in [5.74, 6) is 0.217. The predicted molar refractivity (Wildman–Crippen MR) is 63.7 cm³/mol. The number of carbonyl (C=O) groups is 1. The Kier molecular flexibility index (Phi) is 4.62. The van der Waals surface area contributed by atoms with Gasteiger partial charge in [-0.05, 0) is 19.3 Å². The maximum Gasteiger partial charge on any atom is 0.315 e. The standard InChI is InChI=1S/C12H22N2O3/c15-7-9-3-1-2-4-11(9)14-12(16)13-10-5-6-17-8-10/h9-11,15H,1-8H2,(H2,13,14,16). The fraction of sp³-hybridized carbons (Fsp3) is 0.917. The normalized spacial score (nSPS) is 33.4. The highest BCUT2D eigenvalue weighted by atomic mass is 16.5. The molecule has 2 rings (SSSR count). The zero-order chi connectivity index (χ0) is 12.1. The lowest BCUT2D eigenvalue weighted by Crippen LogP contribution is -2.50. The van der Waals surface area contributed by atoms with E-state index in [1.54, 1.807) is 0 Å². The second-order valence-corrected chi connectivity index (χ2v) is 5.01. The number of aliphatic hydroxyl groups is 1. The molecule has 0 spiro atoms. The zero-order valence-corrected chi connectivity index (χ0v) is 10.2. The molecule has 0 bridgehead atoms. The van der Waals surface area contributed by atoms with Gasteiger partial charge in [0.2, 0.25) is 0 Å². The molecule has 1 aliphatic carbocycles. The molecule has 1 aliphatic heterocycles. The molecule has 0 aromatic rings. The number of hydrogen-bond acceptors (Lipinski definition) is 3. The van der Waals surface area contributed by atoms with Gasteiger partial charge in [-0.25, -0.2) is 4.79 Å². The van der Waals surface area contributed by atoms with E-state index in [1.165, 1.54) is 0 Å². The molecule has 0 aromatic heterocycles. The average Bonchev–Trinajstić information content (AvgIpc) is 2.82. The summed E-state index contributed by atoms with van der Waals surface area (Å²) >= 11 is 0. The number of aliphatic hydroxyl groups excluding tert-OH is 1. The van der Waals surface area contributed by atoms with Gasteiger partial charge < -0.3 is 20.5 Å². The maximum atomic E-state index is 11.8. The molecule has 2 aliphatic rings. The Morgan fingerprint density at radius 3 is 2.76 bits per heavy atom. The Bertz CT molecular complexity index is 254. The highest BCUT2D eigenvalue weighted by Gasteiger charge is 2.26. The molecule has 5 nitrogen and oxygen atoms in total. The molecule has 0 radical (unpaired) electrons. The number of carbonyl (C=O) groups excluding carboxylic acids is 1. The Hall–Kier alpha value is -0.810. The summed E-state index contributed by atoms with van der Waals surface area (Å²) < 4.78 is 5.21. The monoisotopic (exact) mass is 242 g/mol. The molecular weight excluding hydrogens is 220 g/mol. The highest BCUT2D eigenvalue weighted by molar-refractivity contribution is 5.74. The molecule has 1 saturated carbocycles. The van der Waals surface area contributed by atoms with Gasteiger partial charge in [0, 0.05) is 25.2 Å². The van der Waals surface area contributed by atoms with Gasteiger partial charge in [0.25, 0.3) is 0 Å². The lowest BCUT2D eigenvalue weighted by Gasteiger charge is -2.31. The number of hydrogen-bond donors (Lipinski definition) is 3. The summed E-state index contributed by atoms with van der Waals surface area (Å²) in [5.41, 5.74) is 0. The van der Waals surface area contributed by atoms with Gasteiger partial charge in [-0.2, -0.15) is 0 Å². The van der Waals surface area contributed by atoms with Gasteiger partial charge in [0.05, 0.1) is 12.6 Å². The molecule has 0 aromatic carbocycles. The molecule has 3 N–H and O–H groups in total. The molecule has 2 amide bonds. The topological polar surface area (TPSA) is 70.6 Å². The highest BCUT2D eigenvalue weighted by Crippen LogP contribution is 2.23. The van der Waals surface area contributed by atoms with Crippen LogP contribution in [0.15, 0.2) is 0 Å².